The third-order valence-electron chi connectivity index (χ3n) is 3.44. The number of nitrogen functional groups attached to an aromatic ring is 1. The van der Waals surface area contributed by atoms with Gasteiger partial charge < -0.3 is 11.1 Å². The van der Waals surface area contributed by atoms with E-state index in [0.717, 1.165) is 11.3 Å². The summed E-state index contributed by atoms with van der Waals surface area (Å²) in [4.78, 5) is 24.2. The van der Waals surface area contributed by atoms with Crippen molar-refractivity contribution >= 4 is 28.9 Å². The standard InChI is InChI=1S/C17H17N7O/c1-11-2-4-12(5-3-11)17(25)24-23-16-14(18)15(20-10-21-16)22-13-6-8-19-9-7-13/h2-10H,18H2,1H3,(H,24,25)(H2,19,20,21,22,23). The highest BCUT2D eigenvalue weighted by Gasteiger charge is 2.10. The lowest BCUT2D eigenvalue weighted by Crippen LogP contribution is -2.30. The minimum atomic E-state index is -0.290. The SMILES string of the molecule is Cc1ccc(C(=O)NNc2ncnc(Nc3ccncc3)c2N)cc1. The van der Waals surface area contributed by atoms with Crippen molar-refractivity contribution in [2.45, 2.75) is 6.92 Å². The Bertz CT molecular complexity index is 866. The Kier molecular flexibility index (Phi) is 4.70. The fourth-order valence-electron chi connectivity index (χ4n) is 2.06. The minimum Gasteiger partial charge on any atom is -0.393 e. The van der Waals surface area contributed by atoms with Gasteiger partial charge in [-0.2, -0.15) is 0 Å². The van der Waals surface area contributed by atoms with Crippen LogP contribution in [0.4, 0.5) is 23.0 Å². The number of nitrogens with one attached hydrogen (secondary N) is 3. The summed E-state index contributed by atoms with van der Waals surface area (Å²) in [5.41, 5.74) is 14.0. The number of carbonyl (C=O) groups excluding carboxylic acids is 1. The van der Waals surface area contributed by atoms with Crippen LogP contribution in [-0.2, 0) is 0 Å². The van der Waals surface area contributed by atoms with E-state index < -0.39 is 0 Å². The molecule has 0 atom stereocenters. The molecule has 0 saturated carbocycles. The quantitative estimate of drug-likeness (QED) is 0.528. The number of hydrogen-bond acceptors (Lipinski definition) is 7. The number of rotatable bonds is 5. The van der Waals surface area contributed by atoms with E-state index >= 15 is 0 Å². The molecule has 0 radical (unpaired) electrons. The summed E-state index contributed by atoms with van der Waals surface area (Å²) in [7, 11) is 0. The van der Waals surface area contributed by atoms with E-state index in [1.54, 1.807) is 36.7 Å². The van der Waals surface area contributed by atoms with Gasteiger partial charge in [0.25, 0.3) is 5.91 Å². The number of carbonyl (C=O) groups is 1. The van der Waals surface area contributed by atoms with Gasteiger partial charge in [0.05, 0.1) is 0 Å². The summed E-state index contributed by atoms with van der Waals surface area (Å²) in [6.45, 7) is 1.96. The highest BCUT2D eigenvalue weighted by atomic mass is 16.2. The Morgan fingerprint density at radius 3 is 2.40 bits per heavy atom. The topological polar surface area (TPSA) is 118 Å². The predicted octanol–water partition coefficient (Wildman–Crippen LogP) is 2.26. The van der Waals surface area contributed by atoms with E-state index in [2.05, 4.69) is 31.1 Å². The first-order chi connectivity index (χ1) is 12.1. The second kappa shape index (κ2) is 7.26. The first kappa shape index (κ1) is 16.2. The van der Waals surface area contributed by atoms with Gasteiger partial charge in [-0.05, 0) is 31.2 Å². The number of hydrazine groups is 1. The van der Waals surface area contributed by atoms with Gasteiger partial charge in [-0.15, -0.1) is 0 Å². The number of anilines is 4. The van der Waals surface area contributed by atoms with Crippen molar-refractivity contribution in [2.24, 2.45) is 0 Å². The molecule has 3 rings (SSSR count). The molecule has 1 aromatic carbocycles. The molecule has 0 spiro atoms. The van der Waals surface area contributed by atoms with Gasteiger partial charge in [-0.25, -0.2) is 9.97 Å². The summed E-state index contributed by atoms with van der Waals surface area (Å²) in [6.07, 6.45) is 4.65. The number of benzene rings is 1. The number of amides is 1. The molecule has 0 aliphatic rings. The number of pyridine rings is 1. The van der Waals surface area contributed by atoms with E-state index in [1.807, 2.05) is 19.1 Å². The largest absolute Gasteiger partial charge is 0.393 e. The van der Waals surface area contributed by atoms with Crippen LogP contribution in [0.5, 0.6) is 0 Å². The van der Waals surface area contributed by atoms with Gasteiger partial charge in [0.1, 0.15) is 12.0 Å². The fourth-order valence-corrected chi connectivity index (χ4v) is 2.06. The molecule has 1 amide bonds. The normalized spacial score (nSPS) is 10.1. The second-order valence-electron chi connectivity index (χ2n) is 5.29. The van der Waals surface area contributed by atoms with Gasteiger partial charge in [0, 0.05) is 23.6 Å². The Labute approximate surface area is 144 Å². The van der Waals surface area contributed by atoms with Crippen molar-refractivity contribution in [1.82, 2.24) is 20.4 Å². The van der Waals surface area contributed by atoms with E-state index in [9.17, 15) is 4.79 Å². The van der Waals surface area contributed by atoms with E-state index in [4.69, 9.17) is 5.73 Å². The van der Waals surface area contributed by atoms with Crippen LogP contribution in [0.25, 0.3) is 0 Å². The highest BCUT2D eigenvalue weighted by molar-refractivity contribution is 5.95. The van der Waals surface area contributed by atoms with E-state index in [-0.39, 0.29) is 11.6 Å². The molecule has 8 nitrogen and oxygen atoms in total. The molecule has 0 fully saturated rings. The third-order valence-corrected chi connectivity index (χ3v) is 3.44. The first-order valence-electron chi connectivity index (χ1n) is 7.54. The smallest absolute Gasteiger partial charge is 0.269 e. The van der Waals surface area contributed by atoms with Crippen LogP contribution in [0.3, 0.4) is 0 Å². The third kappa shape index (κ3) is 3.99. The number of aromatic nitrogens is 3. The maximum atomic E-state index is 12.1. The molecule has 0 saturated heterocycles. The van der Waals surface area contributed by atoms with Crippen molar-refractivity contribution in [3.8, 4) is 0 Å². The molecule has 0 aliphatic carbocycles. The molecule has 5 N–H and O–H groups in total. The molecule has 3 aromatic rings. The molecule has 2 heterocycles. The van der Waals surface area contributed by atoms with Gasteiger partial charge >= 0.3 is 0 Å². The van der Waals surface area contributed by atoms with Gasteiger partial charge in [-0.1, -0.05) is 17.7 Å². The number of nitrogens with zero attached hydrogens (tertiary/aromatic N) is 3. The zero-order valence-electron chi connectivity index (χ0n) is 13.5. The minimum absolute atomic E-state index is 0.281. The lowest BCUT2D eigenvalue weighted by Gasteiger charge is -2.13. The zero-order chi connectivity index (χ0) is 17.6. The molecule has 2 aromatic heterocycles. The van der Waals surface area contributed by atoms with Crippen molar-refractivity contribution < 1.29 is 4.79 Å². The van der Waals surface area contributed by atoms with Crippen molar-refractivity contribution in [1.29, 1.82) is 0 Å². The lowest BCUT2D eigenvalue weighted by atomic mass is 10.1. The van der Waals surface area contributed by atoms with Crippen molar-refractivity contribution in [3.05, 3.63) is 66.2 Å². The Balaban J connectivity index is 1.69. The zero-order valence-corrected chi connectivity index (χ0v) is 13.5. The van der Waals surface area contributed by atoms with Crippen LogP contribution < -0.4 is 21.9 Å². The van der Waals surface area contributed by atoms with E-state index in [0.29, 0.717) is 17.2 Å². The first-order valence-corrected chi connectivity index (χ1v) is 7.54. The summed E-state index contributed by atoms with van der Waals surface area (Å²) in [5.74, 6) is 0.432. The number of nitrogens with two attached hydrogens (primary N) is 1. The molecular formula is C17H17N7O. The molecule has 126 valence electrons. The number of aryl methyl sites for hydroxylation is 1. The fraction of sp³-hybridized carbons (Fsp3) is 0.0588. The van der Waals surface area contributed by atoms with E-state index in [1.165, 1.54) is 6.33 Å². The number of hydrogen-bond donors (Lipinski definition) is 4. The highest BCUT2D eigenvalue weighted by Crippen LogP contribution is 2.24. The van der Waals surface area contributed by atoms with Gasteiger partial charge in [-0.3, -0.25) is 20.6 Å². The van der Waals surface area contributed by atoms with Gasteiger partial charge in [0.2, 0.25) is 0 Å². The molecule has 25 heavy (non-hydrogen) atoms. The second-order valence-corrected chi connectivity index (χ2v) is 5.29. The van der Waals surface area contributed by atoms with Crippen LogP contribution in [0.2, 0.25) is 0 Å². The van der Waals surface area contributed by atoms with Crippen molar-refractivity contribution in [3.63, 3.8) is 0 Å². The Morgan fingerprint density at radius 2 is 1.68 bits per heavy atom. The maximum Gasteiger partial charge on any atom is 0.269 e. The monoisotopic (exact) mass is 335 g/mol. The molecular weight excluding hydrogens is 318 g/mol. The Morgan fingerprint density at radius 1 is 1.00 bits per heavy atom. The maximum absolute atomic E-state index is 12.1. The van der Waals surface area contributed by atoms with Gasteiger partial charge in [0.15, 0.2) is 11.6 Å². The molecule has 0 unspecified atom stereocenters. The van der Waals surface area contributed by atoms with Crippen LogP contribution in [0, 0.1) is 6.92 Å². The summed E-state index contributed by atoms with van der Waals surface area (Å²) in [5, 5.41) is 3.07. The van der Waals surface area contributed by atoms with Crippen LogP contribution in [0.1, 0.15) is 15.9 Å². The van der Waals surface area contributed by atoms with Crippen LogP contribution in [0.15, 0.2) is 55.1 Å². The average molecular weight is 335 g/mol. The summed E-state index contributed by atoms with van der Waals surface area (Å²) < 4.78 is 0. The predicted molar refractivity (Wildman–Crippen MR) is 96.2 cm³/mol. The average Bonchev–Trinajstić information content (AvgIpc) is 2.63. The van der Waals surface area contributed by atoms with Crippen LogP contribution in [-0.4, -0.2) is 20.9 Å². The van der Waals surface area contributed by atoms with Crippen LogP contribution >= 0.6 is 0 Å². The molecule has 8 heteroatoms. The molecule has 0 aliphatic heterocycles. The summed E-state index contributed by atoms with van der Waals surface area (Å²) in [6, 6.07) is 10.8. The van der Waals surface area contributed by atoms with Crippen molar-refractivity contribution in [2.75, 3.05) is 16.5 Å². The summed E-state index contributed by atoms with van der Waals surface area (Å²) >= 11 is 0. The Hall–Kier alpha value is -3.68. The lowest BCUT2D eigenvalue weighted by molar-refractivity contribution is 0.0962. The molecule has 0 bridgehead atoms.